The van der Waals surface area contributed by atoms with E-state index in [-0.39, 0.29) is 34.1 Å². The molecule has 2 amide bonds. The lowest BCUT2D eigenvalue weighted by Gasteiger charge is -2.16. The molecule has 4 aromatic rings. The number of carbonyl (C=O) groups excluding carboxylic acids is 3. The summed E-state index contributed by atoms with van der Waals surface area (Å²) in [6.07, 6.45) is 13.2. The Morgan fingerprint density at radius 2 is 0.800 bits per heavy atom. The molecule has 0 radical (unpaired) electrons. The highest BCUT2D eigenvalue weighted by Gasteiger charge is 2.36. The maximum Gasteiger partial charge on any atom is 0.417 e. The molecule has 16 heteroatoms. The van der Waals surface area contributed by atoms with E-state index < -0.39 is 59.0 Å². The number of ether oxygens (including phenoxy) is 5. The number of amides is 2. The molecule has 384 valence electrons. The summed E-state index contributed by atoms with van der Waals surface area (Å²) in [4.78, 5) is 37.3. The van der Waals surface area contributed by atoms with E-state index in [2.05, 4.69) is 13.8 Å². The van der Waals surface area contributed by atoms with E-state index in [4.69, 9.17) is 35.2 Å². The average molecular weight is 987 g/mol. The Bertz CT molecular complexity index is 2120. The minimum absolute atomic E-state index is 0.117. The number of nitrogens with two attached hydrogens (primary N) is 2. The smallest absolute Gasteiger partial charge is 0.417 e. The standard InChI is InChI=1S/C54H68F6N2O8/c1-3-5-7-9-11-13-15-17-19-21-27-66-42-31-39(32-43(33-42)67-28-22-20-18-16-14-12-10-8-6-4-2)52(65)68-37-38-29-44(69-40-23-25-46(50(61)63)48(35-40)53(55,56)57)34-45(30-38)70-41-24-26-47(51(62)64)49(36-41)54(58,59)60/h23-26,29-36H,3-22,27-28,37H2,1-2H3,(H2,61,63)(H2,62,64). The molecule has 4 aromatic carbocycles. The van der Waals surface area contributed by atoms with E-state index in [0.29, 0.717) is 36.8 Å². The number of halogens is 6. The van der Waals surface area contributed by atoms with Gasteiger partial charge in [-0.2, -0.15) is 26.3 Å². The molecule has 0 bridgehead atoms. The van der Waals surface area contributed by atoms with E-state index in [1.165, 1.54) is 108 Å². The monoisotopic (exact) mass is 986 g/mol. The number of benzene rings is 4. The molecule has 0 unspecified atom stereocenters. The normalized spacial score (nSPS) is 11.6. The van der Waals surface area contributed by atoms with Crippen molar-refractivity contribution in [2.24, 2.45) is 11.5 Å². The van der Waals surface area contributed by atoms with E-state index in [1.54, 1.807) is 18.2 Å². The van der Waals surface area contributed by atoms with Gasteiger partial charge in [0.05, 0.1) is 41.0 Å². The van der Waals surface area contributed by atoms with Gasteiger partial charge in [-0.15, -0.1) is 0 Å². The molecule has 0 fully saturated rings. The van der Waals surface area contributed by atoms with E-state index in [1.807, 2.05) is 0 Å². The molecule has 4 rings (SSSR count). The summed E-state index contributed by atoms with van der Waals surface area (Å²) >= 11 is 0. The van der Waals surface area contributed by atoms with Crippen molar-refractivity contribution >= 4 is 17.8 Å². The number of alkyl halides is 6. The minimum Gasteiger partial charge on any atom is -0.493 e. The number of unbranched alkanes of at least 4 members (excludes halogenated alkanes) is 18. The Balaban J connectivity index is 1.53. The zero-order valence-electron chi connectivity index (χ0n) is 40.4. The van der Waals surface area contributed by atoms with Gasteiger partial charge < -0.3 is 35.2 Å². The maximum absolute atomic E-state index is 13.9. The Kier molecular flexibility index (Phi) is 23.7. The highest BCUT2D eigenvalue weighted by Crippen LogP contribution is 2.39. The van der Waals surface area contributed by atoms with Gasteiger partial charge in [-0.05, 0) is 79.1 Å². The van der Waals surface area contributed by atoms with Crippen LogP contribution < -0.4 is 30.4 Å². The van der Waals surface area contributed by atoms with Gasteiger partial charge in [0, 0.05) is 12.1 Å². The number of esters is 1. The van der Waals surface area contributed by atoms with Crippen LogP contribution in [0.2, 0.25) is 0 Å². The molecule has 0 saturated heterocycles. The largest absolute Gasteiger partial charge is 0.493 e. The van der Waals surface area contributed by atoms with E-state index in [0.717, 1.165) is 62.8 Å². The summed E-state index contributed by atoms with van der Waals surface area (Å²) in [6.45, 7) is 4.80. The predicted octanol–water partition coefficient (Wildman–Crippen LogP) is 15.5. The van der Waals surface area contributed by atoms with Gasteiger partial charge in [-0.25, -0.2) is 4.79 Å². The van der Waals surface area contributed by atoms with Gasteiger partial charge >= 0.3 is 18.3 Å². The third kappa shape index (κ3) is 20.2. The fourth-order valence-corrected chi connectivity index (χ4v) is 7.82. The van der Waals surface area contributed by atoms with Crippen molar-refractivity contribution < 1.29 is 64.4 Å². The zero-order chi connectivity index (χ0) is 50.9. The lowest BCUT2D eigenvalue weighted by molar-refractivity contribution is -0.138. The molecule has 4 N–H and O–H groups in total. The molecule has 0 saturated carbocycles. The van der Waals surface area contributed by atoms with E-state index >= 15 is 0 Å². The first kappa shape index (κ1) is 56.7. The van der Waals surface area contributed by atoms with Crippen molar-refractivity contribution in [2.75, 3.05) is 13.2 Å². The fraction of sp³-hybridized carbons (Fsp3) is 0.500. The summed E-state index contributed by atoms with van der Waals surface area (Å²) in [5.74, 6) is -3.74. The Labute approximate surface area is 407 Å². The van der Waals surface area contributed by atoms with Crippen molar-refractivity contribution in [1.82, 2.24) is 0 Å². The molecule has 0 aliphatic rings. The summed E-state index contributed by atoms with van der Waals surface area (Å²) in [5, 5.41) is 0. The summed E-state index contributed by atoms with van der Waals surface area (Å²) < 4.78 is 113. The number of primary amides is 2. The second-order valence-corrected chi connectivity index (χ2v) is 17.5. The molecule has 10 nitrogen and oxygen atoms in total. The first-order chi connectivity index (χ1) is 33.5. The molecule has 0 aliphatic heterocycles. The van der Waals surface area contributed by atoms with Crippen LogP contribution in [-0.4, -0.2) is 31.0 Å². The van der Waals surface area contributed by atoms with Crippen molar-refractivity contribution in [3.05, 3.63) is 106 Å². The molecular formula is C54H68F6N2O8. The van der Waals surface area contributed by atoms with Gasteiger partial charge in [-0.3, -0.25) is 9.59 Å². The van der Waals surface area contributed by atoms with Gasteiger partial charge in [0.15, 0.2) is 0 Å². The number of hydrogen-bond donors (Lipinski definition) is 2. The highest BCUT2D eigenvalue weighted by atomic mass is 19.4. The second-order valence-electron chi connectivity index (χ2n) is 17.5. The quantitative estimate of drug-likeness (QED) is 0.0272. The van der Waals surface area contributed by atoms with Crippen LogP contribution in [0.4, 0.5) is 26.3 Å². The predicted molar refractivity (Wildman–Crippen MR) is 257 cm³/mol. The number of carbonyl (C=O) groups is 3. The Morgan fingerprint density at radius 1 is 0.443 bits per heavy atom. The summed E-state index contributed by atoms with van der Waals surface area (Å²) in [6, 6.07) is 13.6. The van der Waals surface area contributed by atoms with Crippen LogP contribution >= 0.6 is 0 Å². The van der Waals surface area contributed by atoms with Crippen molar-refractivity contribution in [3.8, 4) is 34.5 Å². The Hall–Kier alpha value is -5.93. The van der Waals surface area contributed by atoms with Crippen LogP contribution in [-0.2, 0) is 23.7 Å². The molecule has 0 aliphatic carbocycles. The number of rotatable bonds is 33. The minimum atomic E-state index is -4.99. The third-order valence-corrected chi connectivity index (χ3v) is 11.6. The van der Waals surface area contributed by atoms with Crippen molar-refractivity contribution in [2.45, 2.75) is 161 Å². The molecule has 70 heavy (non-hydrogen) atoms. The SMILES string of the molecule is CCCCCCCCCCCCOc1cc(OCCCCCCCCCCCC)cc(C(=O)OCc2cc(Oc3ccc(C(N)=O)c(C(F)(F)F)c3)cc(Oc3ccc(C(N)=O)c(C(F)(F)F)c3)c2)c1. The van der Waals surface area contributed by atoms with Crippen LogP contribution in [0, 0.1) is 0 Å². The molecule has 0 aromatic heterocycles. The molecule has 0 atom stereocenters. The summed E-state index contributed by atoms with van der Waals surface area (Å²) in [7, 11) is 0. The van der Waals surface area contributed by atoms with Crippen LogP contribution in [0.3, 0.4) is 0 Å². The first-order valence-corrected chi connectivity index (χ1v) is 24.6. The summed E-state index contributed by atoms with van der Waals surface area (Å²) in [5.41, 5.74) is 6.29. The third-order valence-electron chi connectivity index (χ3n) is 11.6. The lowest BCUT2D eigenvalue weighted by atomic mass is 10.1. The lowest BCUT2D eigenvalue weighted by Crippen LogP contribution is -2.18. The van der Waals surface area contributed by atoms with Crippen LogP contribution in [0.1, 0.15) is 190 Å². The van der Waals surface area contributed by atoms with Crippen LogP contribution in [0.25, 0.3) is 0 Å². The van der Waals surface area contributed by atoms with Gasteiger partial charge in [0.25, 0.3) is 0 Å². The molecular weight excluding hydrogens is 919 g/mol. The maximum atomic E-state index is 13.9. The van der Waals surface area contributed by atoms with E-state index in [9.17, 15) is 40.7 Å². The van der Waals surface area contributed by atoms with Crippen molar-refractivity contribution in [1.29, 1.82) is 0 Å². The fourth-order valence-electron chi connectivity index (χ4n) is 7.82. The zero-order valence-corrected chi connectivity index (χ0v) is 40.4. The molecule has 0 spiro atoms. The second kappa shape index (κ2) is 29.3. The van der Waals surface area contributed by atoms with Gasteiger partial charge in [-0.1, -0.05) is 129 Å². The number of hydrogen-bond acceptors (Lipinski definition) is 8. The topological polar surface area (TPSA) is 149 Å². The molecule has 0 heterocycles. The first-order valence-electron chi connectivity index (χ1n) is 24.6. The van der Waals surface area contributed by atoms with Crippen LogP contribution in [0.5, 0.6) is 34.5 Å². The average Bonchev–Trinajstić information content (AvgIpc) is 3.31. The van der Waals surface area contributed by atoms with Crippen molar-refractivity contribution in [3.63, 3.8) is 0 Å². The van der Waals surface area contributed by atoms with Gasteiger partial charge in [0.2, 0.25) is 11.8 Å². The highest BCUT2D eigenvalue weighted by molar-refractivity contribution is 5.95. The van der Waals surface area contributed by atoms with Gasteiger partial charge in [0.1, 0.15) is 41.1 Å². The van der Waals surface area contributed by atoms with Crippen LogP contribution in [0.15, 0.2) is 72.8 Å². The Morgan fingerprint density at radius 3 is 1.16 bits per heavy atom.